The molecule has 1 aliphatic rings. The summed E-state index contributed by atoms with van der Waals surface area (Å²) >= 11 is 17.7. The molecular weight excluding hydrogens is 385 g/mol. The zero-order valence-electron chi connectivity index (χ0n) is 14.6. The number of halogens is 2. The van der Waals surface area contributed by atoms with Gasteiger partial charge in [-0.1, -0.05) is 59.6 Å². The van der Waals surface area contributed by atoms with Gasteiger partial charge >= 0.3 is 0 Å². The molecule has 0 spiro atoms. The van der Waals surface area contributed by atoms with Gasteiger partial charge in [0.15, 0.2) is 5.11 Å². The summed E-state index contributed by atoms with van der Waals surface area (Å²) in [6.45, 7) is 5.69. The van der Waals surface area contributed by atoms with Crippen LogP contribution in [0, 0.1) is 0 Å². The van der Waals surface area contributed by atoms with Crippen LogP contribution in [0.5, 0.6) is 0 Å². The summed E-state index contributed by atoms with van der Waals surface area (Å²) < 4.78 is 0. The topological polar surface area (TPSA) is 18.5 Å². The van der Waals surface area contributed by atoms with Crippen molar-refractivity contribution < 1.29 is 0 Å². The highest BCUT2D eigenvalue weighted by Crippen LogP contribution is 2.20. The number of hydrogen-bond donors (Lipinski definition) is 1. The molecule has 0 unspecified atom stereocenters. The van der Waals surface area contributed by atoms with Gasteiger partial charge in [-0.25, -0.2) is 0 Å². The van der Waals surface area contributed by atoms with Crippen molar-refractivity contribution in [2.24, 2.45) is 0 Å². The summed E-state index contributed by atoms with van der Waals surface area (Å²) in [5.74, 6) is 0. The third kappa shape index (κ3) is 5.58. The highest BCUT2D eigenvalue weighted by Gasteiger charge is 2.18. The molecule has 1 heterocycles. The Kier molecular flexibility index (Phi) is 7.15. The average molecular weight is 408 g/mol. The van der Waals surface area contributed by atoms with Crippen LogP contribution in [0.3, 0.4) is 0 Å². The molecule has 0 aromatic heterocycles. The molecule has 1 aliphatic heterocycles. The minimum Gasteiger partial charge on any atom is -0.358 e. The summed E-state index contributed by atoms with van der Waals surface area (Å²) in [6, 6.07) is 16.2. The predicted octanol–water partition coefficient (Wildman–Crippen LogP) is 4.23. The standard InChI is InChI=1S/C20H23Cl2N3S/c21-18-7-6-17(19(22)14-18)15-23-20(26)25-12-10-24(11-13-25)9-8-16-4-2-1-3-5-16/h1-7,14H,8-13,15H2,(H,23,26). The van der Waals surface area contributed by atoms with E-state index < -0.39 is 0 Å². The average Bonchev–Trinajstić information content (AvgIpc) is 2.67. The summed E-state index contributed by atoms with van der Waals surface area (Å²) in [6.07, 6.45) is 1.10. The molecule has 0 radical (unpaired) electrons. The van der Waals surface area contributed by atoms with E-state index in [4.69, 9.17) is 35.4 Å². The molecule has 3 nitrogen and oxygen atoms in total. The number of nitrogens with one attached hydrogen (secondary N) is 1. The Morgan fingerprint density at radius 3 is 2.42 bits per heavy atom. The first-order valence-corrected chi connectivity index (χ1v) is 10.0. The van der Waals surface area contributed by atoms with E-state index in [2.05, 4.69) is 45.4 Å². The van der Waals surface area contributed by atoms with Crippen LogP contribution in [-0.4, -0.2) is 47.6 Å². The fourth-order valence-electron chi connectivity index (χ4n) is 3.05. The van der Waals surface area contributed by atoms with Gasteiger partial charge < -0.3 is 10.2 Å². The molecule has 0 bridgehead atoms. The quantitative estimate of drug-likeness (QED) is 0.747. The van der Waals surface area contributed by atoms with Gasteiger partial charge in [0.1, 0.15) is 0 Å². The third-order valence-corrected chi connectivity index (χ3v) is 5.65. The number of nitrogens with zero attached hydrogens (tertiary/aromatic N) is 2. The lowest BCUT2D eigenvalue weighted by molar-refractivity contribution is 0.183. The number of piperazine rings is 1. The summed E-state index contributed by atoms with van der Waals surface area (Å²) in [5, 5.41) is 5.42. The van der Waals surface area contributed by atoms with Crippen molar-refractivity contribution in [3.8, 4) is 0 Å². The summed E-state index contributed by atoms with van der Waals surface area (Å²) in [5.41, 5.74) is 2.40. The van der Waals surface area contributed by atoms with Crippen molar-refractivity contribution in [1.82, 2.24) is 15.1 Å². The van der Waals surface area contributed by atoms with Gasteiger partial charge in [0.05, 0.1) is 0 Å². The minimum atomic E-state index is 0.614. The van der Waals surface area contributed by atoms with E-state index in [1.54, 1.807) is 6.07 Å². The number of benzene rings is 2. The molecule has 0 aliphatic carbocycles. The zero-order valence-corrected chi connectivity index (χ0v) is 17.0. The molecule has 2 aromatic carbocycles. The second-order valence-electron chi connectivity index (χ2n) is 6.46. The lowest BCUT2D eigenvalue weighted by atomic mass is 10.1. The normalized spacial score (nSPS) is 15.1. The lowest BCUT2D eigenvalue weighted by Gasteiger charge is -2.36. The number of rotatable bonds is 5. The molecular formula is C20H23Cl2N3S. The van der Waals surface area contributed by atoms with E-state index in [1.165, 1.54) is 5.56 Å². The Bertz CT molecular complexity index is 731. The molecule has 6 heteroatoms. The van der Waals surface area contributed by atoms with Crippen LogP contribution in [0.25, 0.3) is 0 Å². The molecule has 2 aromatic rings. The van der Waals surface area contributed by atoms with E-state index in [0.29, 0.717) is 16.6 Å². The maximum Gasteiger partial charge on any atom is 0.169 e. The van der Waals surface area contributed by atoms with Gasteiger partial charge in [-0.15, -0.1) is 0 Å². The van der Waals surface area contributed by atoms with E-state index in [0.717, 1.165) is 49.8 Å². The molecule has 1 fully saturated rings. The first-order valence-electron chi connectivity index (χ1n) is 8.85. The molecule has 26 heavy (non-hydrogen) atoms. The molecule has 1 N–H and O–H groups in total. The Morgan fingerprint density at radius 2 is 1.73 bits per heavy atom. The number of hydrogen-bond acceptors (Lipinski definition) is 2. The van der Waals surface area contributed by atoms with Crippen molar-refractivity contribution in [2.45, 2.75) is 13.0 Å². The van der Waals surface area contributed by atoms with Crippen molar-refractivity contribution >= 4 is 40.5 Å². The molecule has 0 saturated carbocycles. The highest BCUT2D eigenvalue weighted by atomic mass is 35.5. The number of thiocarbonyl (C=S) groups is 1. The van der Waals surface area contributed by atoms with E-state index in [-0.39, 0.29) is 0 Å². The molecule has 3 rings (SSSR count). The predicted molar refractivity (Wildman–Crippen MR) is 114 cm³/mol. The van der Waals surface area contributed by atoms with E-state index >= 15 is 0 Å². The van der Waals surface area contributed by atoms with Gasteiger partial charge in [0.2, 0.25) is 0 Å². The van der Waals surface area contributed by atoms with Crippen LogP contribution < -0.4 is 5.32 Å². The smallest absolute Gasteiger partial charge is 0.169 e. The molecule has 0 amide bonds. The molecule has 1 saturated heterocycles. The van der Waals surface area contributed by atoms with Gasteiger partial charge in [0.25, 0.3) is 0 Å². The minimum absolute atomic E-state index is 0.614. The van der Waals surface area contributed by atoms with Gasteiger partial charge in [-0.2, -0.15) is 0 Å². The van der Waals surface area contributed by atoms with Crippen molar-refractivity contribution in [2.75, 3.05) is 32.7 Å². The van der Waals surface area contributed by atoms with Crippen LogP contribution >= 0.6 is 35.4 Å². The fourth-order valence-corrected chi connectivity index (χ4v) is 3.78. The Labute approximate surface area is 170 Å². The Morgan fingerprint density at radius 1 is 1.00 bits per heavy atom. The molecule has 0 atom stereocenters. The maximum absolute atomic E-state index is 6.22. The second-order valence-corrected chi connectivity index (χ2v) is 7.69. The zero-order chi connectivity index (χ0) is 18.4. The first-order chi connectivity index (χ1) is 12.6. The van der Waals surface area contributed by atoms with Crippen LogP contribution in [0.2, 0.25) is 10.0 Å². The largest absolute Gasteiger partial charge is 0.358 e. The Hall–Kier alpha value is -1.33. The highest BCUT2D eigenvalue weighted by molar-refractivity contribution is 7.80. The van der Waals surface area contributed by atoms with Gasteiger partial charge in [-0.3, -0.25) is 4.90 Å². The monoisotopic (exact) mass is 407 g/mol. The van der Waals surface area contributed by atoms with Gasteiger partial charge in [0, 0.05) is 49.3 Å². The van der Waals surface area contributed by atoms with Crippen LogP contribution in [0.1, 0.15) is 11.1 Å². The van der Waals surface area contributed by atoms with Crippen LogP contribution in [-0.2, 0) is 13.0 Å². The van der Waals surface area contributed by atoms with E-state index in [9.17, 15) is 0 Å². The fraction of sp³-hybridized carbons (Fsp3) is 0.350. The van der Waals surface area contributed by atoms with E-state index in [1.807, 2.05) is 12.1 Å². The Balaban J connectivity index is 1.40. The van der Waals surface area contributed by atoms with Crippen molar-refractivity contribution in [1.29, 1.82) is 0 Å². The maximum atomic E-state index is 6.22. The van der Waals surface area contributed by atoms with Crippen molar-refractivity contribution in [3.05, 3.63) is 69.7 Å². The summed E-state index contributed by atoms with van der Waals surface area (Å²) in [7, 11) is 0. The first kappa shape index (κ1) is 19.4. The lowest BCUT2D eigenvalue weighted by Crippen LogP contribution is -2.51. The van der Waals surface area contributed by atoms with Crippen LogP contribution in [0.4, 0.5) is 0 Å². The van der Waals surface area contributed by atoms with Crippen molar-refractivity contribution in [3.63, 3.8) is 0 Å². The second kappa shape index (κ2) is 9.56. The van der Waals surface area contributed by atoms with Gasteiger partial charge in [-0.05, 0) is 41.9 Å². The summed E-state index contributed by atoms with van der Waals surface area (Å²) in [4.78, 5) is 4.74. The third-order valence-electron chi connectivity index (χ3n) is 4.66. The van der Waals surface area contributed by atoms with Crippen LogP contribution in [0.15, 0.2) is 48.5 Å². The SMILES string of the molecule is S=C(NCc1ccc(Cl)cc1Cl)N1CCN(CCc2ccccc2)CC1. The molecule has 138 valence electrons.